The number of benzene rings is 1. The highest BCUT2D eigenvalue weighted by Crippen LogP contribution is 2.18. The zero-order valence-electron chi connectivity index (χ0n) is 9.16. The van der Waals surface area contributed by atoms with E-state index in [0.717, 1.165) is 18.3 Å². The number of para-hydroxylation sites is 1. The van der Waals surface area contributed by atoms with Crippen LogP contribution in [-0.2, 0) is 11.2 Å². The Bertz CT molecular complexity index is 478. The summed E-state index contributed by atoms with van der Waals surface area (Å²) in [5.41, 5.74) is 2.32. The van der Waals surface area contributed by atoms with Crippen molar-refractivity contribution in [3.63, 3.8) is 0 Å². The van der Waals surface area contributed by atoms with Crippen molar-refractivity contribution in [3.05, 3.63) is 36.0 Å². The van der Waals surface area contributed by atoms with Gasteiger partial charge in [-0.15, -0.1) is 0 Å². The molecule has 1 aromatic carbocycles. The Balaban J connectivity index is 2.23. The van der Waals surface area contributed by atoms with Crippen molar-refractivity contribution in [3.8, 4) is 0 Å². The third-order valence-corrected chi connectivity index (χ3v) is 2.72. The molecule has 0 fully saturated rings. The number of amides is 1. The third kappa shape index (κ3) is 2.06. The summed E-state index contributed by atoms with van der Waals surface area (Å²) in [6, 6.07) is 8.14. The van der Waals surface area contributed by atoms with Crippen molar-refractivity contribution >= 4 is 17.3 Å². The average molecular weight is 217 g/mol. The van der Waals surface area contributed by atoms with Crippen LogP contribution in [0.4, 0.5) is 0 Å². The number of likely N-dealkylation sites (N-methyl/N-ethyl adjacent to an activating group) is 1. The Morgan fingerprint density at radius 3 is 3.00 bits per heavy atom. The van der Waals surface area contributed by atoms with E-state index in [1.165, 1.54) is 10.9 Å². The number of H-pyrrole nitrogens is 1. The van der Waals surface area contributed by atoms with Gasteiger partial charge in [-0.3, -0.25) is 4.79 Å². The van der Waals surface area contributed by atoms with E-state index in [9.17, 15) is 4.79 Å². The topological polar surface area (TPSA) is 56.9 Å². The number of fused-ring (bicyclic) bond motifs is 1. The number of carbonyl (C=O) groups is 1. The van der Waals surface area contributed by atoms with Crippen molar-refractivity contribution in [2.24, 2.45) is 0 Å². The number of aromatic amines is 1. The number of carbonyl (C=O) groups excluding carboxylic acids is 1. The molecule has 0 spiro atoms. The van der Waals surface area contributed by atoms with Gasteiger partial charge in [0.05, 0.1) is 6.17 Å². The monoisotopic (exact) mass is 217 g/mol. The van der Waals surface area contributed by atoms with E-state index in [1.807, 2.05) is 31.4 Å². The molecule has 3 N–H and O–H groups in total. The number of rotatable bonds is 5. The quantitative estimate of drug-likeness (QED) is 0.517. The van der Waals surface area contributed by atoms with Crippen LogP contribution in [-0.4, -0.2) is 24.6 Å². The number of aromatic nitrogens is 1. The third-order valence-electron chi connectivity index (χ3n) is 2.72. The highest BCUT2D eigenvalue weighted by atomic mass is 16.1. The molecule has 0 saturated carbocycles. The van der Waals surface area contributed by atoms with Gasteiger partial charge in [0, 0.05) is 23.5 Å². The van der Waals surface area contributed by atoms with Crippen molar-refractivity contribution in [1.82, 2.24) is 15.6 Å². The molecule has 1 aromatic heterocycles. The van der Waals surface area contributed by atoms with E-state index in [-0.39, 0.29) is 6.17 Å². The maximum Gasteiger partial charge on any atom is 0.208 e. The molecule has 84 valence electrons. The molecule has 0 aliphatic heterocycles. The summed E-state index contributed by atoms with van der Waals surface area (Å²) in [7, 11) is 1.83. The van der Waals surface area contributed by atoms with Gasteiger partial charge in [0.2, 0.25) is 6.41 Å². The second-order valence-electron chi connectivity index (χ2n) is 3.69. The van der Waals surface area contributed by atoms with Gasteiger partial charge in [-0.1, -0.05) is 18.2 Å². The molecule has 16 heavy (non-hydrogen) atoms. The lowest BCUT2D eigenvalue weighted by molar-refractivity contribution is -0.110. The zero-order valence-corrected chi connectivity index (χ0v) is 9.16. The number of nitrogens with one attached hydrogen (secondary N) is 3. The van der Waals surface area contributed by atoms with Crippen LogP contribution in [0.5, 0.6) is 0 Å². The summed E-state index contributed by atoms with van der Waals surface area (Å²) in [5.74, 6) is 0. The summed E-state index contributed by atoms with van der Waals surface area (Å²) in [4.78, 5) is 13.6. The lowest BCUT2D eigenvalue weighted by Crippen LogP contribution is -2.41. The van der Waals surface area contributed by atoms with E-state index in [4.69, 9.17) is 0 Å². The van der Waals surface area contributed by atoms with E-state index < -0.39 is 0 Å². The van der Waals surface area contributed by atoms with Crippen molar-refractivity contribution in [1.29, 1.82) is 0 Å². The molecule has 0 bridgehead atoms. The largest absolute Gasteiger partial charge is 0.361 e. The Hall–Kier alpha value is -1.81. The summed E-state index contributed by atoms with van der Waals surface area (Å²) in [6.45, 7) is 0. The molecule has 1 amide bonds. The first-order chi connectivity index (χ1) is 7.85. The van der Waals surface area contributed by atoms with E-state index in [1.54, 1.807) is 0 Å². The molecule has 0 aliphatic carbocycles. The highest BCUT2D eigenvalue weighted by Gasteiger charge is 2.09. The highest BCUT2D eigenvalue weighted by molar-refractivity contribution is 5.83. The fraction of sp³-hybridized carbons (Fsp3) is 0.250. The Labute approximate surface area is 94.0 Å². The minimum atomic E-state index is -0.0308. The first kappa shape index (κ1) is 10.7. The van der Waals surface area contributed by atoms with Crippen molar-refractivity contribution < 1.29 is 4.79 Å². The van der Waals surface area contributed by atoms with Crippen LogP contribution in [0.1, 0.15) is 5.56 Å². The van der Waals surface area contributed by atoms with Gasteiger partial charge in [0.1, 0.15) is 0 Å². The summed E-state index contributed by atoms with van der Waals surface area (Å²) in [6.07, 6.45) is 3.44. The van der Waals surface area contributed by atoms with Crippen LogP contribution in [0.15, 0.2) is 30.5 Å². The fourth-order valence-corrected chi connectivity index (χ4v) is 1.85. The predicted molar refractivity (Wildman–Crippen MR) is 64.1 cm³/mol. The Morgan fingerprint density at radius 1 is 1.44 bits per heavy atom. The molecule has 0 saturated heterocycles. The number of hydrogen-bond acceptors (Lipinski definition) is 2. The van der Waals surface area contributed by atoms with E-state index in [0.29, 0.717) is 0 Å². The van der Waals surface area contributed by atoms with E-state index in [2.05, 4.69) is 21.7 Å². The predicted octanol–water partition coefficient (Wildman–Crippen LogP) is 1.00. The Kier molecular flexibility index (Phi) is 3.22. The maximum atomic E-state index is 10.4. The first-order valence-corrected chi connectivity index (χ1v) is 5.27. The molecule has 1 atom stereocenters. The second-order valence-corrected chi connectivity index (χ2v) is 3.69. The molecular weight excluding hydrogens is 202 g/mol. The minimum absolute atomic E-state index is 0.0308. The Morgan fingerprint density at radius 2 is 2.25 bits per heavy atom. The van der Waals surface area contributed by atoms with Gasteiger partial charge in [0.15, 0.2) is 0 Å². The van der Waals surface area contributed by atoms with Crippen LogP contribution in [0.3, 0.4) is 0 Å². The lowest BCUT2D eigenvalue weighted by atomic mass is 10.1. The van der Waals surface area contributed by atoms with Crippen molar-refractivity contribution in [2.75, 3.05) is 7.05 Å². The van der Waals surface area contributed by atoms with Crippen LogP contribution in [0.25, 0.3) is 10.9 Å². The van der Waals surface area contributed by atoms with E-state index >= 15 is 0 Å². The zero-order chi connectivity index (χ0) is 11.4. The maximum absolute atomic E-state index is 10.4. The molecule has 4 nitrogen and oxygen atoms in total. The summed E-state index contributed by atoms with van der Waals surface area (Å²) in [5, 5.41) is 6.98. The first-order valence-electron chi connectivity index (χ1n) is 5.27. The van der Waals surface area contributed by atoms with Gasteiger partial charge < -0.3 is 15.6 Å². The molecular formula is C12H15N3O. The van der Waals surface area contributed by atoms with Gasteiger partial charge in [-0.2, -0.15) is 0 Å². The normalized spacial score (nSPS) is 12.6. The molecule has 2 rings (SSSR count). The molecule has 2 aromatic rings. The van der Waals surface area contributed by atoms with Gasteiger partial charge in [-0.25, -0.2) is 0 Å². The van der Waals surface area contributed by atoms with Crippen molar-refractivity contribution in [2.45, 2.75) is 12.6 Å². The standard InChI is InChI=1S/C12H15N3O/c1-13-12(15-8-16)6-9-7-14-11-5-3-2-4-10(9)11/h2-5,7-8,12-14H,6H2,1H3,(H,15,16)/t12-/m0/s1. The minimum Gasteiger partial charge on any atom is -0.361 e. The van der Waals surface area contributed by atoms with Gasteiger partial charge in [-0.05, 0) is 18.7 Å². The lowest BCUT2D eigenvalue weighted by Gasteiger charge is -2.14. The van der Waals surface area contributed by atoms with Crippen LogP contribution in [0, 0.1) is 0 Å². The summed E-state index contributed by atoms with van der Waals surface area (Å²) < 4.78 is 0. The SMILES string of the molecule is CN[C@H](Cc1c[nH]c2ccccc12)NC=O. The summed E-state index contributed by atoms with van der Waals surface area (Å²) >= 11 is 0. The molecule has 0 radical (unpaired) electrons. The molecule has 0 aliphatic rings. The fourth-order valence-electron chi connectivity index (χ4n) is 1.85. The smallest absolute Gasteiger partial charge is 0.208 e. The van der Waals surface area contributed by atoms with Gasteiger partial charge >= 0.3 is 0 Å². The van der Waals surface area contributed by atoms with Crippen LogP contribution >= 0.6 is 0 Å². The van der Waals surface area contributed by atoms with Crippen LogP contribution < -0.4 is 10.6 Å². The average Bonchev–Trinajstić information content (AvgIpc) is 2.72. The molecule has 1 heterocycles. The number of hydrogen-bond donors (Lipinski definition) is 3. The molecule has 0 unspecified atom stereocenters. The van der Waals surface area contributed by atoms with Crippen LogP contribution in [0.2, 0.25) is 0 Å². The van der Waals surface area contributed by atoms with Gasteiger partial charge in [0.25, 0.3) is 0 Å². The molecule has 4 heteroatoms. The second kappa shape index (κ2) is 4.81.